The number of nitrogens with one attached hydrogen (secondary N) is 1. The first-order chi connectivity index (χ1) is 12.6. The Balaban J connectivity index is 1.57. The Morgan fingerprint density at radius 1 is 1.04 bits per heavy atom. The molecule has 0 aliphatic heterocycles. The number of pyridine rings is 1. The summed E-state index contributed by atoms with van der Waals surface area (Å²) in [6, 6.07) is 8.56. The van der Waals surface area contributed by atoms with E-state index < -0.39 is 0 Å². The lowest BCUT2D eigenvalue weighted by atomic mass is 9.53. The fourth-order valence-corrected chi connectivity index (χ4v) is 6.76. The van der Waals surface area contributed by atoms with Gasteiger partial charge in [0.1, 0.15) is 0 Å². The number of aromatic nitrogens is 3. The zero-order valence-corrected chi connectivity index (χ0v) is 15.6. The summed E-state index contributed by atoms with van der Waals surface area (Å²) in [6.07, 6.45) is 8.45. The Bertz CT molecular complexity index is 996. The van der Waals surface area contributed by atoms with Crippen LogP contribution in [0.4, 0.5) is 5.69 Å². The minimum Gasteiger partial charge on any atom is -0.378 e. The molecule has 2 aromatic heterocycles. The first-order valence-corrected chi connectivity index (χ1v) is 10.1. The van der Waals surface area contributed by atoms with Gasteiger partial charge in [-0.15, -0.1) is 0 Å². The molecule has 4 aliphatic carbocycles. The third-order valence-electron chi connectivity index (χ3n) is 7.27. The number of aryl methyl sites for hydroxylation is 2. The summed E-state index contributed by atoms with van der Waals surface area (Å²) in [5, 5.41) is 11.3. The van der Waals surface area contributed by atoms with E-state index in [1.807, 2.05) is 11.7 Å². The van der Waals surface area contributed by atoms with E-state index in [-0.39, 0.29) is 5.54 Å². The highest BCUT2D eigenvalue weighted by molar-refractivity contribution is 6.07. The van der Waals surface area contributed by atoms with Crippen LogP contribution in [0.3, 0.4) is 0 Å². The minimum absolute atomic E-state index is 0.286. The van der Waals surface area contributed by atoms with Crippen LogP contribution >= 0.6 is 0 Å². The lowest BCUT2D eigenvalue weighted by molar-refractivity contribution is 0.0108. The standard InChI is InChI=1S/C22H26N4/c1-13-19-20(17-5-3-4-6-18(17)23-21(19)26(2)25-13)24-22-10-14-7-15(11-22)9-16(8-14)12-22/h3-6,14-16H,7-12H2,1-2H3,(H,23,24). The number of para-hydroxylation sites is 1. The highest BCUT2D eigenvalue weighted by atomic mass is 15.3. The molecule has 0 atom stereocenters. The molecule has 7 rings (SSSR count). The first-order valence-electron chi connectivity index (χ1n) is 10.1. The molecule has 1 aromatic carbocycles. The number of anilines is 1. The van der Waals surface area contributed by atoms with Crippen molar-refractivity contribution in [1.29, 1.82) is 0 Å². The molecule has 4 nitrogen and oxygen atoms in total. The zero-order valence-electron chi connectivity index (χ0n) is 15.6. The summed E-state index contributed by atoms with van der Waals surface area (Å²) >= 11 is 0. The second-order valence-corrected chi connectivity index (χ2v) is 9.23. The van der Waals surface area contributed by atoms with E-state index in [0.29, 0.717) is 0 Å². The number of rotatable bonds is 2. The van der Waals surface area contributed by atoms with Crippen molar-refractivity contribution in [3.63, 3.8) is 0 Å². The van der Waals surface area contributed by atoms with Gasteiger partial charge in [0.15, 0.2) is 5.65 Å². The van der Waals surface area contributed by atoms with E-state index in [1.165, 1.54) is 55.0 Å². The van der Waals surface area contributed by atoms with Gasteiger partial charge in [-0.3, -0.25) is 4.68 Å². The summed E-state index contributed by atoms with van der Waals surface area (Å²) < 4.78 is 1.93. The maximum atomic E-state index is 4.91. The lowest BCUT2D eigenvalue weighted by Gasteiger charge is -2.57. The third-order valence-corrected chi connectivity index (χ3v) is 7.27. The molecule has 1 N–H and O–H groups in total. The zero-order chi connectivity index (χ0) is 17.5. The second kappa shape index (κ2) is 4.99. The van der Waals surface area contributed by atoms with Crippen LogP contribution in [-0.2, 0) is 7.05 Å². The summed E-state index contributed by atoms with van der Waals surface area (Å²) in [6.45, 7) is 2.11. The van der Waals surface area contributed by atoms with Gasteiger partial charge in [-0.1, -0.05) is 18.2 Å². The van der Waals surface area contributed by atoms with Crippen molar-refractivity contribution in [1.82, 2.24) is 14.8 Å². The number of benzene rings is 1. The number of nitrogens with zero attached hydrogens (tertiary/aromatic N) is 3. The monoisotopic (exact) mass is 346 g/mol. The fourth-order valence-electron chi connectivity index (χ4n) is 6.76. The maximum Gasteiger partial charge on any atom is 0.160 e. The van der Waals surface area contributed by atoms with Gasteiger partial charge in [-0.05, 0) is 69.3 Å². The summed E-state index contributed by atoms with van der Waals surface area (Å²) in [7, 11) is 2.01. The number of fused-ring (bicyclic) bond motifs is 2. The van der Waals surface area contributed by atoms with Crippen molar-refractivity contribution in [2.75, 3.05) is 5.32 Å². The van der Waals surface area contributed by atoms with Gasteiger partial charge in [0.2, 0.25) is 0 Å². The largest absolute Gasteiger partial charge is 0.378 e. The average molecular weight is 346 g/mol. The predicted molar refractivity (Wildman–Crippen MR) is 105 cm³/mol. The molecule has 0 unspecified atom stereocenters. The molecule has 134 valence electrons. The van der Waals surface area contributed by atoms with Crippen molar-refractivity contribution >= 4 is 27.6 Å². The van der Waals surface area contributed by atoms with Gasteiger partial charge in [0, 0.05) is 18.0 Å². The molecule has 4 heteroatoms. The lowest BCUT2D eigenvalue weighted by Crippen LogP contribution is -2.54. The molecule has 26 heavy (non-hydrogen) atoms. The van der Waals surface area contributed by atoms with Gasteiger partial charge in [-0.2, -0.15) is 5.10 Å². The Hall–Kier alpha value is -2.10. The van der Waals surface area contributed by atoms with Crippen LogP contribution in [0.25, 0.3) is 21.9 Å². The highest BCUT2D eigenvalue weighted by Gasteiger charge is 2.51. The number of hydrogen-bond acceptors (Lipinski definition) is 3. The second-order valence-electron chi connectivity index (χ2n) is 9.23. The van der Waals surface area contributed by atoms with Gasteiger partial charge < -0.3 is 5.32 Å². The summed E-state index contributed by atoms with van der Waals surface area (Å²) in [5.41, 5.74) is 4.70. The smallest absolute Gasteiger partial charge is 0.160 e. The van der Waals surface area contributed by atoms with E-state index in [9.17, 15) is 0 Å². The van der Waals surface area contributed by atoms with Gasteiger partial charge in [0.05, 0.1) is 22.3 Å². The van der Waals surface area contributed by atoms with E-state index in [4.69, 9.17) is 4.98 Å². The Kier molecular flexibility index (Phi) is 2.88. The van der Waals surface area contributed by atoms with Crippen LogP contribution in [0.2, 0.25) is 0 Å². The van der Waals surface area contributed by atoms with Crippen molar-refractivity contribution in [3.05, 3.63) is 30.0 Å². The van der Waals surface area contributed by atoms with Crippen molar-refractivity contribution < 1.29 is 0 Å². The van der Waals surface area contributed by atoms with Crippen LogP contribution in [0.5, 0.6) is 0 Å². The molecule has 4 saturated carbocycles. The molecule has 0 saturated heterocycles. The highest BCUT2D eigenvalue weighted by Crippen LogP contribution is 2.57. The molecule has 0 radical (unpaired) electrons. The summed E-state index contributed by atoms with van der Waals surface area (Å²) in [4.78, 5) is 4.91. The quantitative estimate of drug-likeness (QED) is 0.724. The van der Waals surface area contributed by atoms with Crippen molar-refractivity contribution in [3.8, 4) is 0 Å². The normalized spacial score (nSPS) is 32.6. The number of hydrogen-bond donors (Lipinski definition) is 1. The molecular weight excluding hydrogens is 320 g/mol. The van der Waals surface area contributed by atoms with Crippen LogP contribution in [-0.4, -0.2) is 20.3 Å². The molecule has 0 amide bonds. The van der Waals surface area contributed by atoms with Crippen LogP contribution in [0, 0.1) is 24.7 Å². The summed E-state index contributed by atoms with van der Waals surface area (Å²) in [5.74, 6) is 2.81. The van der Waals surface area contributed by atoms with E-state index in [0.717, 1.165) is 34.6 Å². The topological polar surface area (TPSA) is 42.7 Å². The molecule has 2 heterocycles. The van der Waals surface area contributed by atoms with Crippen molar-refractivity contribution in [2.45, 2.75) is 51.0 Å². The molecular formula is C22H26N4. The molecule has 0 spiro atoms. The third kappa shape index (κ3) is 2.02. The molecule has 3 aromatic rings. The van der Waals surface area contributed by atoms with Crippen LogP contribution in [0.15, 0.2) is 24.3 Å². The fraction of sp³-hybridized carbons (Fsp3) is 0.545. The van der Waals surface area contributed by atoms with E-state index in [1.54, 1.807) is 0 Å². The van der Waals surface area contributed by atoms with Gasteiger partial charge in [0.25, 0.3) is 0 Å². The Morgan fingerprint density at radius 3 is 2.38 bits per heavy atom. The molecule has 4 aliphatic rings. The van der Waals surface area contributed by atoms with Crippen LogP contribution < -0.4 is 5.32 Å². The maximum absolute atomic E-state index is 4.91. The van der Waals surface area contributed by atoms with Gasteiger partial charge >= 0.3 is 0 Å². The minimum atomic E-state index is 0.286. The SMILES string of the molecule is Cc1nn(C)c2nc3ccccc3c(NC34CC5CC(CC(C5)C3)C4)c12. The van der Waals surface area contributed by atoms with Crippen LogP contribution in [0.1, 0.15) is 44.2 Å². The first kappa shape index (κ1) is 15.0. The van der Waals surface area contributed by atoms with Crippen molar-refractivity contribution in [2.24, 2.45) is 24.8 Å². The van der Waals surface area contributed by atoms with E-state index in [2.05, 4.69) is 41.6 Å². The van der Waals surface area contributed by atoms with Gasteiger partial charge in [-0.25, -0.2) is 4.98 Å². The Labute approximate surface area is 154 Å². The molecule has 4 bridgehead atoms. The average Bonchev–Trinajstić information content (AvgIpc) is 2.87. The van der Waals surface area contributed by atoms with E-state index >= 15 is 0 Å². The Morgan fingerprint density at radius 2 is 1.69 bits per heavy atom. The predicted octanol–water partition coefficient (Wildman–Crippen LogP) is 4.81. The molecule has 4 fully saturated rings.